The molecule has 9 nitrogen and oxygen atoms in total. The molecule has 0 atom stereocenters. The average Bonchev–Trinajstić information content (AvgIpc) is 3.56. The van der Waals surface area contributed by atoms with E-state index in [0.29, 0.717) is 72.9 Å². The van der Waals surface area contributed by atoms with Crippen molar-refractivity contribution < 1.29 is 19.0 Å². The molecule has 7 rings (SSSR count). The number of fused-ring (bicyclic) bond motifs is 4. The van der Waals surface area contributed by atoms with Gasteiger partial charge in [0.05, 0.1) is 43.4 Å². The molecule has 212 valence electrons. The van der Waals surface area contributed by atoms with E-state index in [4.69, 9.17) is 4.74 Å². The Morgan fingerprint density at radius 2 is 1.90 bits per heavy atom. The number of nitrogens with zero attached hydrogens (tertiary/aromatic N) is 5. The van der Waals surface area contributed by atoms with Gasteiger partial charge in [-0.3, -0.25) is 14.3 Å². The fourth-order valence-corrected chi connectivity index (χ4v) is 6.64. The van der Waals surface area contributed by atoms with E-state index in [9.17, 15) is 14.7 Å². The number of aliphatic hydroxyl groups excluding tert-OH is 1. The summed E-state index contributed by atoms with van der Waals surface area (Å²) in [7, 11) is 1.66. The summed E-state index contributed by atoms with van der Waals surface area (Å²) in [6.45, 7) is 2.37. The first-order chi connectivity index (χ1) is 19.9. The Balaban J connectivity index is 1.27. The van der Waals surface area contributed by atoms with Crippen LogP contribution in [-0.2, 0) is 57.4 Å². The normalized spacial score (nSPS) is 16.5. The zero-order valence-corrected chi connectivity index (χ0v) is 23.0. The Morgan fingerprint density at radius 3 is 2.73 bits per heavy atom. The van der Waals surface area contributed by atoms with Crippen molar-refractivity contribution in [2.45, 2.75) is 58.4 Å². The van der Waals surface area contributed by atoms with Crippen molar-refractivity contribution in [3.05, 3.63) is 92.2 Å². The maximum atomic E-state index is 15.2. The van der Waals surface area contributed by atoms with Gasteiger partial charge in [0.1, 0.15) is 11.5 Å². The molecule has 0 radical (unpaired) electrons. The molecule has 1 amide bonds. The summed E-state index contributed by atoms with van der Waals surface area (Å²) in [5, 5.41) is 15.2. The van der Waals surface area contributed by atoms with Crippen LogP contribution in [0.3, 0.4) is 0 Å². The lowest BCUT2D eigenvalue weighted by Gasteiger charge is -2.31. The SMILES string of the molecule is Cn1cc(-c2cc(F)cc(N3CCn4c(cc5c4CCCC5)C3=O)c2CO)cc(Cc2cc3n(n2)CCOC3)c1=O. The first-order valence-electron chi connectivity index (χ1n) is 14.2. The molecule has 10 heteroatoms. The first-order valence-corrected chi connectivity index (χ1v) is 14.2. The summed E-state index contributed by atoms with van der Waals surface area (Å²) in [5.74, 6) is -0.705. The predicted octanol–water partition coefficient (Wildman–Crippen LogP) is 3.34. The summed E-state index contributed by atoms with van der Waals surface area (Å²) in [6, 6.07) is 8.36. The summed E-state index contributed by atoms with van der Waals surface area (Å²) >= 11 is 0. The molecular weight excluding hydrogens is 525 g/mol. The number of halogens is 1. The third-order valence-corrected chi connectivity index (χ3v) is 8.61. The van der Waals surface area contributed by atoms with Crippen molar-refractivity contribution in [3.63, 3.8) is 0 Å². The number of carbonyl (C=O) groups excluding carboxylic acids is 1. The molecule has 0 bridgehead atoms. The number of aryl methyl sites for hydroxylation is 2. The highest BCUT2D eigenvalue weighted by atomic mass is 19.1. The van der Waals surface area contributed by atoms with Gasteiger partial charge in [-0.2, -0.15) is 5.10 Å². The van der Waals surface area contributed by atoms with Crippen LogP contribution >= 0.6 is 0 Å². The molecule has 0 saturated heterocycles. The van der Waals surface area contributed by atoms with Crippen LogP contribution in [0, 0.1) is 5.82 Å². The molecule has 0 unspecified atom stereocenters. The standard InChI is InChI=1S/C31H32FN5O4/c1-34-16-21(10-20(30(34)39)11-23-15-24-18-41-9-8-37(24)33-23)25-13-22(32)14-28(26(25)17-38)36-7-6-35-27-5-3-2-4-19(27)12-29(35)31(36)40/h10,12-16,38H,2-9,11,17-18H2,1H3. The fourth-order valence-electron chi connectivity index (χ4n) is 6.64. The molecule has 5 heterocycles. The Bertz CT molecular complexity index is 1730. The summed E-state index contributed by atoms with van der Waals surface area (Å²) in [5.41, 5.74) is 6.99. The minimum Gasteiger partial charge on any atom is -0.392 e. The van der Waals surface area contributed by atoms with E-state index in [-0.39, 0.29) is 11.5 Å². The van der Waals surface area contributed by atoms with E-state index in [1.54, 1.807) is 24.2 Å². The van der Waals surface area contributed by atoms with Crippen LogP contribution in [0.15, 0.2) is 41.3 Å². The molecule has 3 aliphatic rings. The molecule has 1 aliphatic carbocycles. The van der Waals surface area contributed by atoms with Gasteiger partial charge in [0.25, 0.3) is 11.5 Å². The Labute approximate surface area is 236 Å². The van der Waals surface area contributed by atoms with Gasteiger partial charge in [0.15, 0.2) is 0 Å². The van der Waals surface area contributed by atoms with E-state index in [1.807, 2.05) is 16.8 Å². The van der Waals surface area contributed by atoms with Crippen LogP contribution < -0.4 is 10.5 Å². The number of hydrogen-bond acceptors (Lipinski definition) is 5. The average molecular weight is 558 g/mol. The van der Waals surface area contributed by atoms with Crippen molar-refractivity contribution in [2.75, 3.05) is 18.1 Å². The Hall–Kier alpha value is -4.02. The maximum absolute atomic E-state index is 15.2. The minimum atomic E-state index is -0.516. The van der Waals surface area contributed by atoms with E-state index < -0.39 is 12.4 Å². The number of carbonyl (C=O) groups is 1. The molecule has 2 aliphatic heterocycles. The van der Waals surface area contributed by atoms with Crippen molar-refractivity contribution in [1.29, 1.82) is 0 Å². The lowest BCUT2D eigenvalue weighted by molar-refractivity contribution is 0.0800. The molecule has 0 fully saturated rings. The second-order valence-electron chi connectivity index (χ2n) is 11.2. The quantitative estimate of drug-likeness (QED) is 0.406. The predicted molar refractivity (Wildman–Crippen MR) is 150 cm³/mol. The van der Waals surface area contributed by atoms with E-state index in [2.05, 4.69) is 9.67 Å². The number of aromatic nitrogens is 4. The van der Waals surface area contributed by atoms with E-state index in [1.165, 1.54) is 28.0 Å². The lowest BCUT2D eigenvalue weighted by Crippen LogP contribution is -2.41. The van der Waals surface area contributed by atoms with Crippen molar-refractivity contribution in [3.8, 4) is 11.1 Å². The van der Waals surface area contributed by atoms with E-state index in [0.717, 1.165) is 37.1 Å². The minimum absolute atomic E-state index is 0.172. The molecule has 4 aromatic rings. The summed E-state index contributed by atoms with van der Waals surface area (Å²) in [6.07, 6.45) is 6.14. The molecule has 0 saturated carbocycles. The van der Waals surface area contributed by atoms with Crippen LogP contribution in [-0.4, -0.2) is 43.1 Å². The maximum Gasteiger partial charge on any atom is 0.274 e. The molecule has 1 N–H and O–H groups in total. The molecular formula is C31H32FN5O4. The zero-order valence-electron chi connectivity index (χ0n) is 23.0. The number of rotatable bonds is 5. The van der Waals surface area contributed by atoms with Crippen LogP contribution in [0.5, 0.6) is 0 Å². The second-order valence-corrected chi connectivity index (χ2v) is 11.2. The van der Waals surface area contributed by atoms with Crippen molar-refractivity contribution >= 4 is 11.6 Å². The Morgan fingerprint density at radius 1 is 1.05 bits per heavy atom. The fraction of sp³-hybridized carbons (Fsp3) is 0.387. The summed E-state index contributed by atoms with van der Waals surface area (Å²) in [4.78, 5) is 28.4. The van der Waals surface area contributed by atoms with Crippen LogP contribution in [0.4, 0.5) is 10.1 Å². The van der Waals surface area contributed by atoms with Gasteiger partial charge in [0, 0.05) is 49.6 Å². The van der Waals surface area contributed by atoms with Crippen molar-refractivity contribution in [2.24, 2.45) is 7.05 Å². The third kappa shape index (κ3) is 4.42. The molecule has 3 aromatic heterocycles. The first kappa shape index (κ1) is 25.9. The summed E-state index contributed by atoms with van der Waals surface area (Å²) < 4.78 is 26.2. The highest BCUT2D eigenvalue weighted by Crippen LogP contribution is 2.36. The van der Waals surface area contributed by atoms with E-state index >= 15 is 4.39 Å². The van der Waals surface area contributed by atoms with Crippen LogP contribution in [0.2, 0.25) is 0 Å². The smallest absolute Gasteiger partial charge is 0.274 e. The highest BCUT2D eigenvalue weighted by Gasteiger charge is 2.32. The lowest BCUT2D eigenvalue weighted by atomic mass is 9.96. The number of benzene rings is 1. The number of ether oxygens (including phenoxy) is 1. The number of anilines is 1. The Kier molecular flexibility index (Phi) is 6.39. The van der Waals surface area contributed by atoms with Gasteiger partial charge in [-0.1, -0.05) is 0 Å². The highest BCUT2D eigenvalue weighted by molar-refractivity contribution is 6.07. The number of aliphatic hydroxyl groups is 1. The molecule has 1 aromatic carbocycles. The largest absolute Gasteiger partial charge is 0.392 e. The van der Waals surface area contributed by atoms with Gasteiger partial charge in [0.2, 0.25) is 0 Å². The third-order valence-electron chi connectivity index (χ3n) is 8.61. The van der Waals surface area contributed by atoms with Gasteiger partial charge in [-0.15, -0.1) is 0 Å². The van der Waals surface area contributed by atoms with Gasteiger partial charge in [-0.05, 0) is 72.7 Å². The van der Waals surface area contributed by atoms with Gasteiger partial charge >= 0.3 is 0 Å². The topological polar surface area (TPSA) is 94.5 Å². The monoisotopic (exact) mass is 557 g/mol. The second kappa shape index (κ2) is 10.1. The van der Waals surface area contributed by atoms with Gasteiger partial charge in [-0.25, -0.2) is 4.39 Å². The number of amides is 1. The van der Waals surface area contributed by atoms with Crippen LogP contribution in [0.25, 0.3) is 11.1 Å². The van der Waals surface area contributed by atoms with Gasteiger partial charge < -0.3 is 23.9 Å². The molecule has 0 spiro atoms. The van der Waals surface area contributed by atoms with Crippen molar-refractivity contribution in [1.82, 2.24) is 18.9 Å². The number of pyridine rings is 1. The number of hydrogen-bond donors (Lipinski definition) is 1. The molecule has 41 heavy (non-hydrogen) atoms. The van der Waals surface area contributed by atoms with Crippen LogP contribution in [0.1, 0.15) is 57.1 Å². The zero-order chi connectivity index (χ0) is 28.2.